The Kier molecular flexibility index (Phi) is 14.4. The quantitative estimate of drug-likeness (QED) is 0.250. The molecular weight excluding hydrogens is 256 g/mol. The molecule has 126 valence electrons. The lowest BCUT2D eigenvalue weighted by atomic mass is 9.89. The molecule has 0 radical (unpaired) electrons. The maximum atomic E-state index is 5.63. The van der Waals surface area contributed by atoms with E-state index in [9.17, 15) is 0 Å². The molecular formula is C20H40O. The average molecular weight is 297 g/mol. The lowest BCUT2D eigenvalue weighted by Crippen LogP contribution is -2.03. The minimum Gasteiger partial charge on any atom is -0.377 e. The molecule has 0 aliphatic carbocycles. The van der Waals surface area contributed by atoms with Crippen LogP contribution in [-0.2, 0) is 4.74 Å². The first kappa shape index (κ1) is 20.7. The first-order chi connectivity index (χ1) is 10.1. The van der Waals surface area contributed by atoms with Gasteiger partial charge in [0.25, 0.3) is 0 Å². The third-order valence-corrected chi connectivity index (χ3v) is 3.82. The van der Waals surface area contributed by atoms with Gasteiger partial charge in [-0.2, -0.15) is 0 Å². The highest BCUT2D eigenvalue weighted by Gasteiger charge is 2.08. The van der Waals surface area contributed by atoms with Crippen molar-refractivity contribution in [1.82, 2.24) is 0 Å². The lowest BCUT2D eigenvalue weighted by Gasteiger charge is -2.17. The van der Waals surface area contributed by atoms with Crippen LogP contribution in [0, 0.1) is 5.41 Å². The fourth-order valence-corrected chi connectivity index (χ4v) is 2.42. The minimum atomic E-state index is 0.512. The van der Waals surface area contributed by atoms with Gasteiger partial charge >= 0.3 is 0 Å². The Morgan fingerprint density at radius 1 is 0.762 bits per heavy atom. The first-order valence-corrected chi connectivity index (χ1v) is 9.29. The van der Waals surface area contributed by atoms with Crippen molar-refractivity contribution in [2.24, 2.45) is 5.41 Å². The van der Waals surface area contributed by atoms with E-state index < -0.39 is 0 Å². The summed E-state index contributed by atoms with van der Waals surface area (Å²) in [6.45, 7) is 11.0. The van der Waals surface area contributed by atoms with E-state index in [0.29, 0.717) is 5.41 Å². The molecule has 0 saturated carbocycles. The molecule has 0 unspecified atom stereocenters. The molecule has 0 saturated heterocycles. The minimum absolute atomic E-state index is 0.512. The van der Waals surface area contributed by atoms with Crippen molar-refractivity contribution in [2.75, 3.05) is 13.2 Å². The van der Waals surface area contributed by atoms with Crippen molar-refractivity contribution in [3.63, 3.8) is 0 Å². The van der Waals surface area contributed by atoms with Crippen molar-refractivity contribution in [1.29, 1.82) is 0 Å². The van der Waals surface area contributed by atoms with Gasteiger partial charge < -0.3 is 4.74 Å². The van der Waals surface area contributed by atoms with E-state index in [4.69, 9.17) is 4.74 Å². The summed E-state index contributed by atoms with van der Waals surface area (Å²) >= 11 is 0. The fourth-order valence-electron chi connectivity index (χ4n) is 2.42. The highest BCUT2D eigenvalue weighted by Crippen LogP contribution is 2.22. The van der Waals surface area contributed by atoms with E-state index in [1.54, 1.807) is 0 Å². The number of allylic oxidation sites excluding steroid dienone is 1. The second-order valence-corrected chi connectivity index (χ2v) is 7.47. The van der Waals surface area contributed by atoms with Crippen molar-refractivity contribution in [3.8, 4) is 0 Å². The molecule has 0 bridgehead atoms. The summed E-state index contributed by atoms with van der Waals surface area (Å²) in [5, 5.41) is 0. The molecule has 21 heavy (non-hydrogen) atoms. The van der Waals surface area contributed by atoms with Gasteiger partial charge in [0.1, 0.15) is 0 Å². The normalized spacial score (nSPS) is 12.4. The summed E-state index contributed by atoms with van der Waals surface area (Å²) in [6, 6.07) is 0. The summed E-state index contributed by atoms with van der Waals surface area (Å²) in [6.07, 6.45) is 19.1. The Labute approximate surface area is 134 Å². The van der Waals surface area contributed by atoms with Gasteiger partial charge in [-0.1, -0.05) is 84.8 Å². The monoisotopic (exact) mass is 296 g/mol. The summed E-state index contributed by atoms with van der Waals surface area (Å²) in [4.78, 5) is 0. The van der Waals surface area contributed by atoms with Gasteiger partial charge in [-0.25, -0.2) is 0 Å². The molecule has 1 nitrogen and oxygen atoms in total. The molecule has 0 heterocycles. The van der Waals surface area contributed by atoms with Gasteiger partial charge in [-0.05, 0) is 31.1 Å². The largest absolute Gasteiger partial charge is 0.377 e. The van der Waals surface area contributed by atoms with Gasteiger partial charge in [0.15, 0.2) is 0 Å². The zero-order chi connectivity index (χ0) is 15.8. The Balaban J connectivity index is 3.09. The van der Waals surface area contributed by atoms with Gasteiger partial charge in [-0.3, -0.25) is 0 Å². The molecule has 0 amide bonds. The predicted octanol–water partition coefficient (Wildman–Crippen LogP) is 6.92. The van der Waals surface area contributed by atoms with E-state index in [-0.39, 0.29) is 0 Å². The van der Waals surface area contributed by atoms with E-state index in [2.05, 4.69) is 39.8 Å². The van der Waals surface area contributed by atoms with Crippen LogP contribution in [0.4, 0.5) is 0 Å². The van der Waals surface area contributed by atoms with Gasteiger partial charge in [0, 0.05) is 6.61 Å². The molecule has 0 aromatic rings. The van der Waals surface area contributed by atoms with Gasteiger partial charge in [0.2, 0.25) is 0 Å². The number of hydrogen-bond acceptors (Lipinski definition) is 1. The SMILES string of the molecule is CCCCC/C=C\COCCCCCCCCC(C)(C)C. The number of hydrogen-bond donors (Lipinski definition) is 0. The maximum absolute atomic E-state index is 5.63. The summed E-state index contributed by atoms with van der Waals surface area (Å²) < 4.78 is 5.63. The van der Waals surface area contributed by atoms with Crippen molar-refractivity contribution < 1.29 is 4.74 Å². The van der Waals surface area contributed by atoms with Crippen molar-refractivity contribution in [3.05, 3.63) is 12.2 Å². The van der Waals surface area contributed by atoms with Crippen LogP contribution in [0.15, 0.2) is 12.2 Å². The summed E-state index contributed by atoms with van der Waals surface area (Å²) in [5.74, 6) is 0. The van der Waals surface area contributed by atoms with Gasteiger partial charge in [0.05, 0.1) is 6.61 Å². The molecule has 0 rings (SSSR count). The van der Waals surface area contributed by atoms with Crippen LogP contribution < -0.4 is 0 Å². The number of ether oxygens (including phenoxy) is 1. The molecule has 0 spiro atoms. The second kappa shape index (κ2) is 14.6. The van der Waals surface area contributed by atoms with E-state index in [1.165, 1.54) is 70.6 Å². The fraction of sp³-hybridized carbons (Fsp3) is 0.900. The Hall–Kier alpha value is -0.300. The molecule has 0 aromatic carbocycles. The van der Waals surface area contributed by atoms with Crippen LogP contribution >= 0.6 is 0 Å². The molecule has 0 atom stereocenters. The van der Waals surface area contributed by atoms with Crippen molar-refractivity contribution >= 4 is 0 Å². The maximum Gasteiger partial charge on any atom is 0.0647 e. The molecule has 0 aliphatic rings. The zero-order valence-corrected chi connectivity index (χ0v) is 15.3. The van der Waals surface area contributed by atoms with Crippen LogP contribution in [-0.4, -0.2) is 13.2 Å². The van der Waals surface area contributed by atoms with Crippen LogP contribution in [0.25, 0.3) is 0 Å². The Morgan fingerprint density at radius 3 is 2.10 bits per heavy atom. The van der Waals surface area contributed by atoms with Crippen molar-refractivity contribution in [2.45, 2.75) is 98.3 Å². The summed E-state index contributed by atoms with van der Waals surface area (Å²) in [7, 11) is 0. The second-order valence-electron chi connectivity index (χ2n) is 7.47. The number of unbranched alkanes of at least 4 members (excludes halogenated alkanes) is 8. The van der Waals surface area contributed by atoms with E-state index in [1.807, 2.05) is 0 Å². The van der Waals surface area contributed by atoms with Crippen LogP contribution in [0.2, 0.25) is 0 Å². The Morgan fingerprint density at radius 2 is 1.43 bits per heavy atom. The zero-order valence-electron chi connectivity index (χ0n) is 15.3. The molecule has 1 heteroatoms. The molecule has 0 aliphatic heterocycles. The van der Waals surface area contributed by atoms with Crippen LogP contribution in [0.5, 0.6) is 0 Å². The predicted molar refractivity (Wildman–Crippen MR) is 95.9 cm³/mol. The Bertz CT molecular complexity index is 224. The highest BCUT2D eigenvalue weighted by atomic mass is 16.5. The molecule has 0 N–H and O–H groups in total. The molecule has 0 fully saturated rings. The summed E-state index contributed by atoms with van der Waals surface area (Å²) in [5.41, 5.74) is 0.512. The standard InChI is InChI=1S/C20H40O/c1-5-6-7-8-12-15-18-21-19-16-13-10-9-11-14-17-20(2,3)4/h12,15H,5-11,13-14,16-19H2,1-4H3/b15-12-. The van der Waals surface area contributed by atoms with E-state index in [0.717, 1.165) is 13.2 Å². The van der Waals surface area contributed by atoms with Crippen LogP contribution in [0.1, 0.15) is 98.3 Å². The highest BCUT2D eigenvalue weighted by molar-refractivity contribution is 4.81. The lowest BCUT2D eigenvalue weighted by molar-refractivity contribution is 0.157. The third kappa shape index (κ3) is 19.7. The smallest absolute Gasteiger partial charge is 0.0647 e. The first-order valence-electron chi connectivity index (χ1n) is 9.29. The third-order valence-electron chi connectivity index (χ3n) is 3.82. The number of rotatable bonds is 14. The van der Waals surface area contributed by atoms with E-state index >= 15 is 0 Å². The topological polar surface area (TPSA) is 9.23 Å². The molecule has 0 aromatic heterocycles. The van der Waals surface area contributed by atoms with Gasteiger partial charge in [-0.15, -0.1) is 0 Å². The average Bonchev–Trinajstić information content (AvgIpc) is 2.42. The van der Waals surface area contributed by atoms with Crippen LogP contribution in [0.3, 0.4) is 0 Å².